The van der Waals surface area contributed by atoms with E-state index in [9.17, 15) is 4.79 Å². The second kappa shape index (κ2) is 7.60. The fourth-order valence-electron chi connectivity index (χ4n) is 3.89. The predicted molar refractivity (Wildman–Crippen MR) is 112 cm³/mol. The zero-order valence-electron chi connectivity index (χ0n) is 16.1. The second-order valence-electron chi connectivity index (χ2n) is 7.68. The number of hydrogen-bond acceptors (Lipinski definition) is 4. The Hall–Kier alpha value is -2.92. The van der Waals surface area contributed by atoms with Gasteiger partial charge >= 0.3 is 0 Å². The molecule has 1 aromatic heterocycles. The molecule has 1 aliphatic carbocycles. The van der Waals surface area contributed by atoms with Gasteiger partial charge in [0.2, 0.25) is 0 Å². The maximum atomic E-state index is 12.5. The molecule has 5 nitrogen and oxygen atoms in total. The summed E-state index contributed by atoms with van der Waals surface area (Å²) in [6.07, 6.45) is 5.14. The van der Waals surface area contributed by atoms with E-state index in [2.05, 4.69) is 10.3 Å². The topological polar surface area (TPSA) is 77.2 Å². The summed E-state index contributed by atoms with van der Waals surface area (Å²) in [7, 11) is 1.72. The van der Waals surface area contributed by atoms with Gasteiger partial charge in [-0.25, -0.2) is 0 Å². The zero-order chi connectivity index (χ0) is 19.6. The average Bonchev–Trinajstić information content (AvgIpc) is 2.70. The maximum Gasteiger partial charge on any atom is 0.251 e. The number of nitrogens with zero attached hydrogens (tertiary/aromatic N) is 1. The summed E-state index contributed by atoms with van der Waals surface area (Å²) in [6, 6.07) is 15.5. The standard InChI is InChI=1S/C23H25N3O2/c1-28-15-23(10-2-11-23)14-26-22(27)17-5-3-16(4-6-17)18-7-8-21-19(13-18)20(24)9-12-25-21/h3-9,12-13H,2,10-11,14-15H2,1H3,(H2,24,25)(H,26,27). The molecule has 0 atom stereocenters. The van der Waals surface area contributed by atoms with Gasteiger partial charge in [-0.15, -0.1) is 0 Å². The molecular weight excluding hydrogens is 350 g/mol. The minimum Gasteiger partial charge on any atom is -0.398 e. The first-order valence-corrected chi connectivity index (χ1v) is 9.62. The molecule has 0 spiro atoms. The molecule has 0 saturated heterocycles. The molecule has 1 saturated carbocycles. The number of benzene rings is 2. The van der Waals surface area contributed by atoms with E-state index in [1.54, 1.807) is 19.4 Å². The fraction of sp³-hybridized carbons (Fsp3) is 0.304. The number of carbonyl (C=O) groups excluding carboxylic acids is 1. The number of hydrogen-bond donors (Lipinski definition) is 2. The molecule has 3 N–H and O–H groups in total. The number of rotatable bonds is 6. The van der Waals surface area contributed by atoms with Crippen molar-refractivity contribution in [3.05, 3.63) is 60.3 Å². The van der Waals surface area contributed by atoms with Crippen molar-refractivity contribution in [3.8, 4) is 11.1 Å². The van der Waals surface area contributed by atoms with Crippen LogP contribution in [0, 0.1) is 5.41 Å². The number of anilines is 1. The van der Waals surface area contributed by atoms with Crippen LogP contribution in [-0.2, 0) is 4.74 Å². The van der Waals surface area contributed by atoms with Gasteiger partial charge in [0.05, 0.1) is 12.1 Å². The maximum absolute atomic E-state index is 12.5. The Kier molecular flexibility index (Phi) is 5.01. The zero-order valence-corrected chi connectivity index (χ0v) is 16.1. The Labute approximate surface area is 164 Å². The van der Waals surface area contributed by atoms with E-state index >= 15 is 0 Å². The Morgan fingerprint density at radius 1 is 1.14 bits per heavy atom. The summed E-state index contributed by atoms with van der Waals surface area (Å²) in [6.45, 7) is 1.37. The van der Waals surface area contributed by atoms with Gasteiger partial charge in [0.15, 0.2) is 0 Å². The van der Waals surface area contributed by atoms with Crippen molar-refractivity contribution in [3.63, 3.8) is 0 Å². The van der Waals surface area contributed by atoms with Crippen LogP contribution in [0.25, 0.3) is 22.0 Å². The lowest BCUT2D eigenvalue weighted by molar-refractivity contribution is 0.0180. The highest BCUT2D eigenvalue weighted by Crippen LogP contribution is 2.40. The van der Waals surface area contributed by atoms with Crippen LogP contribution in [0.15, 0.2) is 54.7 Å². The Morgan fingerprint density at radius 3 is 2.57 bits per heavy atom. The lowest BCUT2D eigenvalue weighted by atomic mass is 9.69. The van der Waals surface area contributed by atoms with Crippen LogP contribution in [0.2, 0.25) is 0 Å². The number of ether oxygens (including phenoxy) is 1. The highest BCUT2D eigenvalue weighted by Gasteiger charge is 2.37. The van der Waals surface area contributed by atoms with Crippen molar-refractivity contribution in [2.45, 2.75) is 19.3 Å². The first-order valence-electron chi connectivity index (χ1n) is 9.62. The first kappa shape index (κ1) is 18.4. The van der Waals surface area contributed by atoms with E-state index in [4.69, 9.17) is 10.5 Å². The summed E-state index contributed by atoms with van der Waals surface area (Å²) < 4.78 is 5.33. The van der Waals surface area contributed by atoms with Gasteiger partial charge in [0.25, 0.3) is 5.91 Å². The second-order valence-corrected chi connectivity index (χ2v) is 7.68. The van der Waals surface area contributed by atoms with E-state index in [1.807, 2.05) is 42.5 Å². The van der Waals surface area contributed by atoms with Crippen molar-refractivity contribution in [2.75, 3.05) is 26.0 Å². The molecule has 3 aromatic rings. The number of amides is 1. The highest BCUT2D eigenvalue weighted by atomic mass is 16.5. The molecule has 0 aliphatic heterocycles. The molecule has 1 amide bonds. The monoisotopic (exact) mass is 375 g/mol. The highest BCUT2D eigenvalue weighted by molar-refractivity contribution is 5.96. The third-order valence-corrected chi connectivity index (χ3v) is 5.74. The van der Waals surface area contributed by atoms with Gasteiger partial charge in [-0.3, -0.25) is 9.78 Å². The van der Waals surface area contributed by atoms with Gasteiger partial charge < -0.3 is 15.8 Å². The molecule has 4 rings (SSSR count). The largest absolute Gasteiger partial charge is 0.398 e. The van der Waals surface area contributed by atoms with Crippen LogP contribution < -0.4 is 11.1 Å². The molecule has 1 aliphatic rings. The number of nitrogens with two attached hydrogens (primary N) is 1. The van der Waals surface area contributed by atoms with Crippen molar-refractivity contribution in [1.29, 1.82) is 0 Å². The number of methoxy groups -OCH3 is 1. The number of carbonyl (C=O) groups is 1. The minimum atomic E-state index is -0.0408. The molecule has 0 bridgehead atoms. The van der Waals surface area contributed by atoms with Crippen LogP contribution in [0.3, 0.4) is 0 Å². The molecule has 1 heterocycles. The van der Waals surface area contributed by atoms with Gasteiger partial charge in [-0.1, -0.05) is 24.6 Å². The number of aromatic nitrogens is 1. The normalized spacial score (nSPS) is 15.2. The van der Waals surface area contributed by atoms with Gasteiger partial charge in [-0.05, 0) is 54.3 Å². The first-order chi connectivity index (χ1) is 13.6. The van der Waals surface area contributed by atoms with E-state index in [0.29, 0.717) is 24.4 Å². The fourth-order valence-corrected chi connectivity index (χ4v) is 3.89. The molecule has 2 aromatic carbocycles. The van der Waals surface area contributed by atoms with Crippen molar-refractivity contribution in [1.82, 2.24) is 10.3 Å². The number of pyridine rings is 1. The summed E-state index contributed by atoms with van der Waals surface area (Å²) in [5, 5.41) is 4.01. The van der Waals surface area contributed by atoms with Crippen LogP contribution in [0.5, 0.6) is 0 Å². The lowest BCUT2D eigenvalue weighted by Gasteiger charge is -2.41. The summed E-state index contributed by atoms with van der Waals surface area (Å²) in [5.41, 5.74) is 10.5. The predicted octanol–water partition coefficient (Wildman–Crippen LogP) is 4.03. The minimum absolute atomic E-state index is 0.0408. The van der Waals surface area contributed by atoms with Crippen molar-refractivity contribution < 1.29 is 9.53 Å². The molecule has 28 heavy (non-hydrogen) atoms. The number of fused-ring (bicyclic) bond motifs is 1. The van der Waals surface area contributed by atoms with Gasteiger partial charge in [-0.2, -0.15) is 0 Å². The van der Waals surface area contributed by atoms with Crippen LogP contribution in [0.4, 0.5) is 5.69 Å². The Morgan fingerprint density at radius 2 is 1.89 bits per heavy atom. The third kappa shape index (κ3) is 3.58. The molecule has 0 unspecified atom stereocenters. The molecule has 1 fully saturated rings. The van der Waals surface area contributed by atoms with Crippen molar-refractivity contribution >= 4 is 22.5 Å². The summed E-state index contributed by atoms with van der Waals surface area (Å²) in [5.74, 6) is -0.0408. The third-order valence-electron chi connectivity index (χ3n) is 5.74. The van der Waals surface area contributed by atoms with E-state index in [1.165, 1.54) is 6.42 Å². The SMILES string of the molecule is COCC1(CNC(=O)c2ccc(-c3ccc4nccc(N)c4c3)cc2)CCC1. The molecule has 144 valence electrons. The van der Waals surface area contributed by atoms with Crippen LogP contribution in [-0.4, -0.2) is 31.2 Å². The van der Waals surface area contributed by atoms with Crippen LogP contribution in [0.1, 0.15) is 29.6 Å². The van der Waals surface area contributed by atoms with Gasteiger partial charge in [0.1, 0.15) is 0 Å². The van der Waals surface area contributed by atoms with Crippen LogP contribution >= 0.6 is 0 Å². The number of nitrogen functional groups attached to an aromatic ring is 1. The smallest absolute Gasteiger partial charge is 0.251 e. The van der Waals surface area contributed by atoms with Gasteiger partial charge in [0, 0.05) is 41.9 Å². The quantitative estimate of drug-likeness (QED) is 0.682. The van der Waals surface area contributed by atoms with E-state index in [0.717, 1.165) is 34.9 Å². The molecular formula is C23H25N3O2. The Bertz CT molecular complexity index is 994. The molecule has 0 radical (unpaired) electrons. The lowest BCUT2D eigenvalue weighted by Crippen LogP contribution is -2.45. The summed E-state index contributed by atoms with van der Waals surface area (Å²) >= 11 is 0. The van der Waals surface area contributed by atoms with E-state index in [-0.39, 0.29) is 11.3 Å². The van der Waals surface area contributed by atoms with E-state index < -0.39 is 0 Å². The average molecular weight is 375 g/mol. The Balaban J connectivity index is 1.48. The molecule has 5 heteroatoms. The van der Waals surface area contributed by atoms with Crippen molar-refractivity contribution in [2.24, 2.45) is 5.41 Å². The summed E-state index contributed by atoms with van der Waals surface area (Å²) in [4.78, 5) is 16.9. The number of nitrogens with one attached hydrogen (secondary N) is 1.